The molecule has 0 saturated heterocycles. The highest BCUT2D eigenvalue weighted by molar-refractivity contribution is 7.92. The lowest BCUT2D eigenvalue weighted by Gasteiger charge is -2.13. The molecule has 1 fully saturated rings. The Bertz CT molecular complexity index is 669. The fourth-order valence-corrected chi connectivity index (χ4v) is 4.01. The molecule has 1 amide bonds. The molecule has 0 aromatic heterocycles. The van der Waals surface area contributed by atoms with Crippen LogP contribution in [0.25, 0.3) is 0 Å². The van der Waals surface area contributed by atoms with Crippen LogP contribution in [0.4, 0.5) is 0 Å². The molecule has 6 nitrogen and oxygen atoms in total. The molecule has 24 heavy (non-hydrogen) atoms. The van der Waals surface area contributed by atoms with Crippen molar-refractivity contribution in [2.24, 2.45) is 5.92 Å². The molecular formula is C17H25NO5S. The van der Waals surface area contributed by atoms with Gasteiger partial charge in [0, 0.05) is 18.6 Å². The zero-order valence-electron chi connectivity index (χ0n) is 14.0. The number of aliphatic hydroxyl groups excluding tert-OH is 2. The van der Waals surface area contributed by atoms with Crippen LogP contribution in [-0.4, -0.2) is 48.5 Å². The van der Waals surface area contributed by atoms with Gasteiger partial charge in [0.25, 0.3) is 0 Å². The van der Waals surface area contributed by atoms with Gasteiger partial charge in [-0.05, 0) is 44.4 Å². The van der Waals surface area contributed by atoms with Gasteiger partial charge in [-0.25, -0.2) is 8.42 Å². The lowest BCUT2D eigenvalue weighted by Crippen LogP contribution is -2.34. The second-order valence-corrected chi connectivity index (χ2v) is 9.16. The zero-order valence-corrected chi connectivity index (χ0v) is 14.8. The molecule has 0 spiro atoms. The number of carbonyl (C=O) groups excluding carboxylic acids is 1. The molecule has 1 aromatic carbocycles. The summed E-state index contributed by atoms with van der Waals surface area (Å²) in [5.41, 5.74) is 0.729. The molecule has 0 radical (unpaired) electrons. The van der Waals surface area contributed by atoms with Crippen molar-refractivity contribution in [3.8, 4) is 0 Å². The maximum Gasteiger partial charge on any atom is 0.224 e. The lowest BCUT2D eigenvalue weighted by atomic mass is 10.1. The molecule has 3 atom stereocenters. The molecular weight excluding hydrogens is 330 g/mol. The van der Waals surface area contributed by atoms with Crippen LogP contribution in [0.15, 0.2) is 29.2 Å². The van der Waals surface area contributed by atoms with Gasteiger partial charge in [0.2, 0.25) is 5.91 Å². The Kier molecular flexibility index (Phi) is 6.01. The van der Waals surface area contributed by atoms with Crippen LogP contribution in [0.3, 0.4) is 0 Å². The summed E-state index contributed by atoms with van der Waals surface area (Å²) in [6.07, 6.45) is 0.580. The van der Waals surface area contributed by atoms with E-state index in [0.29, 0.717) is 12.8 Å². The van der Waals surface area contributed by atoms with E-state index < -0.39 is 21.2 Å². The molecule has 0 heterocycles. The molecule has 3 N–H and O–H groups in total. The number of carbonyl (C=O) groups is 1. The van der Waals surface area contributed by atoms with E-state index in [-0.39, 0.29) is 35.8 Å². The molecule has 0 aliphatic heterocycles. The van der Waals surface area contributed by atoms with Crippen LogP contribution in [0.1, 0.15) is 32.3 Å². The van der Waals surface area contributed by atoms with Gasteiger partial charge in [0.1, 0.15) is 0 Å². The monoisotopic (exact) mass is 355 g/mol. The lowest BCUT2D eigenvalue weighted by molar-refractivity contribution is -0.121. The van der Waals surface area contributed by atoms with E-state index in [9.17, 15) is 18.3 Å². The minimum absolute atomic E-state index is 0.0840. The van der Waals surface area contributed by atoms with Crippen LogP contribution in [-0.2, 0) is 21.1 Å². The van der Waals surface area contributed by atoms with Crippen molar-refractivity contribution in [2.75, 3.05) is 6.61 Å². The largest absolute Gasteiger partial charge is 0.396 e. The molecule has 1 aliphatic rings. The van der Waals surface area contributed by atoms with Crippen molar-refractivity contribution in [2.45, 2.75) is 55.4 Å². The fraction of sp³-hybridized carbons (Fsp3) is 0.588. The molecule has 0 bridgehead atoms. The Balaban J connectivity index is 1.93. The van der Waals surface area contributed by atoms with Crippen LogP contribution in [0, 0.1) is 5.92 Å². The van der Waals surface area contributed by atoms with Crippen LogP contribution in [0.5, 0.6) is 0 Å². The highest BCUT2D eigenvalue weighted by atomic mass is 32.2. The maximum absolute atomic E-state index is 12.1. The third kappa shape index (κ3) is 4.34. The summed E-state index contributed by atoms with van der Waals surface area (Å²) in [5.74, 6) is -0.360. The third-order valence-electron chi connectivity index (χ3n) is 4.49. The second kappa shape index (κ2) is 7.63. The van der Waals surface area contributed by atoms with Crippen molar-refractivity contribution in [1.82, 2.24) is 5.32 Å². The normalized spacial score (nSPS) is 24.3. The van der Waals surface area contributed by atoms with Crippen molar-refractivity contribution in [1.29, 1.82) is 0 Å². The topological polar surface area (TPSA) is 104 Å². The highest BCUT2D eigenvalue weighted by Gasteiger charge is 2.33. The number of nitrogens with one attached hydrogen (secondary N) is 1. The average Bonchev–Trinajstić information content (AvgIpc) is 2.87. The smallest absolute Gasteiger partial charge is 0.224 e. The van der Waals surface area contributed by atoms with Crippen LogP contribution < -0.4 is 5.32 Å². The van der Waals surface area contributed by atoms with Crippen molar-refractivity contribution in [3.63, 3.8) is 0 Å². The molecule has 134 valence electrons. The van der Waals surface area contributed by atoms with Crippen molar-refractivity contribution < 1.29 is 23.4 Å². The standard InChI is InChI=1S/C17H25NO5S/c1-11(2)24(22,23)15-5-3-12(4-6-15)7-17(21)18-14-8-13(10-19)16(20)9-14/h3-6,11,13-14,16,19-20H,7-10H2,1-2H3,(H,18,21)/t13-,14+,16-/m1/s1. The second-order valence-electron chi connectivity index (χ2n) is 6.66. The summed E-state index contributed by atoms with van der Waals surface area (Å²) in [7, 11) is -3.31. The number of hydrogen-bond acceptors (Lipinski definition) is 5. The van der Waals surface area contributed by atoms with Gasteiger partial charge in [-0.1, -0.05) is 12.1 Å². The van der Waals surface area contributed by atoms with Crippen LogP contribution in [0.2, 0.25) is 0 Å². The molecule has 1 saturated carbocycles. The molecule has 1 aliphatic carbocycles. The number of sulfone groups is 1. The maximum atomic E-state index is 12.1. The van der Waals surface area contributed by atoms with E-state index in [2.05, 4.69) is 5.32 Å². The first-order chi connectivity index (χ1) is 11.2. The number of hydrogen-bond donors (Lipinski definition) is 3. The quantitative estimate of drug-likeness (QED) is 0.695. The molecule has 7 heteroatoms. The van der Waals surface area contributed by atoms with Crippen molar-refractivity contribution in [3.05, 3.63) is 29.8 Å². The van der Waals surface area contributed by atoms with E-state index >= 15 is 0 Å². The minimum atomic E-state index is -3.31. The summed E-state index contributed by atoms with van der Waals surface area (Å²) >= 11 is 0. The Labute approximate surface area is 142 Å². The van der Waals surface area contributed by atoms with Gasteiger partial charge in [-0.15, -0.1) is 0 Å². The van der Waals surface area contributed by atoms with E-state index in [1.807, 2.05) is 0 Å². The highest BCUT2D eigenvalue weighted by Crippen LogP contribution is 2.25. The summed E-state index contributed by atoms with van der Waals surface area (Å²) in [6, 6.07) is 6.22. The first-order valence-electron chi connectivity index (χ1n) is 8.15. The SMILES string of the molecule is CC(C)S(=O)(=O)c1ccc(CC(=O)N[C@H]2C[C@H](CO)[C@H](O)C2)cc1. The van der Waals surface area contributed by atoms with Gasteiger partial charge in [-0.3, -0.25) is 4.79 Å². The number of rotatable bonds is 6. The van der Waals surface area contributed by atoms with Gasteiger partial charge in [-0.2, -0.15) is 0 Å². The van der Waals surface area contributed by atoms with Crippen LogP contribution >= 0.6 is 0 Å². The number of amides is 1. The third-order valence-corrected chi connectivity index (χ3v) is 6.66. The summed E-state index contributed by atoms with van der Waals surface area (Å²) < 4.78 is 24.1. The first-order valence-corrected chi connectivity index (χ1v) is 9.69. The molecule has 1 aromatic rings. The minimum Gasteiger partial charge on any atom is -0.396 e. The predicted molar refractivity (Wildman–Crippen MR) is 90.2 cm³/mol. The summed E-state index contributed by atoms with van der Waals surface area (Å²) in [4.78, 5) is 12.3. The number of aliphatic hydroxyl groups is 2. The van der Waals surface area contributed by atoms with E-state index in [1.54, 1.807) is 26.0 Å². The van der Waals surface area contributed by atoms with Gasteiger partial charge >= 0.3 is 0 Å². The van der Waals surface area contributed by atoms with Crippen molar-refractivity contribution >= 4 is 15.7 Å². The van der Waals surface area contributed by atoms with Gasteiger partial charge < -0.3 is 15.5 Å². The zero-order chi connectivity index (χ0) is 17.9. The Morgan fingerprint density at radius 2 is 1.88 bits per heavy atom. The van der Waals surface area contributed by atoms with E-state index in [0.717, 1.165) is 5.56 Å². The Hall–Kier alpha value is -1.44. The van der Waals surface area contributed by atoms with Gasteiger partial charge in [0.15, 0.2) is 9.84 Å². The van der Waals surface area contributed by atoms with E-state index in [1.165, 1.54) is 12.1 Å². The Morgan fingerprint density at radius 1 is 1.25 bits per heavy atom. The first kappa shape index (κ1) is 18.9. The molecule has 2 rings (SSSR count). The predicted octanol–water partition coefficient (Wildman–Crippen LogP) is 0.659. The van der Waals surface area contributed by atoms with Gasteiger partial charge in [0.05, 0.1) is 22.7 Å². The number of benzene rings is 1. The average molecular weight is 355 g/mol. The summed E-state index contributed by atoms with van der Waals surface area (Å²) in [5, 5.41) is 21.2. The molecule has 0 unspecified atom stereocenters. The summed E-state index contributed by atoms with van der Waals surface area (Å²) in [6.45, 7) is 3.18. The Morgan fingerprint density at radius 3 is 2.38 bits per heavy atom. The fourth-order valence-electron chi connectivity index (χ4n) is 2.95. The van der Waals surface area contributed by atoms with E-state index in [4.69, 9.17) is 5.11 Å².